The number of halogens is 4. The Morgan fingerprint density at radius 3 is 2.29 bits per heavy atom. The SMILES string of the molecule is O=C(NC1CCCCC1)C(=O)[C@H](CC1CCC1)NC(=O)[C@H](Cc1cc(Cl)c(O)c(Cl)c1)N[C@@H](c1cccc(-c2ccncn2)c1)C(F)F. The van der Waals surface area contributed by atoms with Crippen LogP contribution >= 0.6 is 23.2 Å². The Morgan fingerprint density at radius 1 is 0.938 bits per heavy atom. The fourth-order valence-electron chi connectivity index (χ4n) is 6.31. The summed E-state index contributed by atoms with van der Waals surface area (Å²) in [7, 11) is 0. The first-order valence-corrected chi connectivity index (χ1v) is 17.1. The summed E-state index contributed by atoms with van der Waals surface area (Å²) in [5.41, 5.74) is 1.70. The summed E-state index contributed by atoms with van der Waals surface area (Å²) < 4.78 is 29.6. The van der Waals surface area contributed by atoms with E-state index in [9.17, 15) is 28.3 Å². The maximum Gasteiger partial charge on any atom is 0.289 e. The second-order valence-corrected chi connectivity index (χ2v) is 13.4. The number of aromatic hydroxyl groups is 1. The number of carbonyl (C=O) groups excluding carboxylic acids is 3. The molecule has 2 aliphatic carbocycles. The molecule has 2 saturated carbocycles. The van der Waals surface area contributed by atoms with Crippen LogP contribution in [-0.4, -0.2) is 57.2 Å². The van der Waals surface area contributed by atoms with Crippen molar-refractivity contribution >= 4 is 40.8 Å². The minimum absolute atomic E-state index is 0.0722. The molecule has 0 unspecified atom stereocenters. The van der Waals surface area contributed by atoms with Gasteiger partial charge in [0.05, 0.1) is 33.9 Å². The van der Waals surface area contributed by atoms with Crippen molar-refractivity contribution in [3.8, 4) is 17.0 Å². The Balaban J connectivity index is 1.42. The molecule has 5 rings (SSSR count). The number of alkyl halides is 2. The standard InChI is InChI=1S/C35H39Cl2F2N5O4/c36-25-14-21(15-26(37)31(25)45)17-29(43-30(33(38)39)23-9-5-8-22(18-23)27-12-13-40-19-41-27)34(47)44-28(16-20-6-4-7-20)32(46)35(48)42-24-10-2-1-3-11-24/h5,8-9,12-15,18-20,24,28-30,33,43,45H,1-4,6-7,10-11,16-17H2,(H,42,48)(H,44,47)/t28-,29-,30-/m0/s1. The molecule has 0 aliphatic heterocycles. The third-order valence-electron chi connectivity index (χ3n) is 9.18. The summed E-state index contributed by atoms with van der Waals surface area (Å²) in [5, 5.41) is 18.3. The van der Waals surface area contributed by atoms with Gasteiger partial charge in [0, 0.05) is 17.8 Å². The molecule has 1 aromatic heterocycles. The zero-order valence-electron chi connectivity index (χ0n) is 26.3. The molecular weight excluding hydrogens is 663 g/mol. The number of Topliss-reactive ketones (excluding diaryl/α,β-unsaturated/α-hetero) is 1. The molecule has 4 N–H and O–H groups in total. The number of carbonyl (C=O) groups is 3. The molecule has 0 spiro atoms. The van der Waals surface area contributed by atoms with E-state index >= 15 is 0 Å². The van der Waals surface area contributed by atoms with Crippen molar-refractivity contribution in [3.63, 3.8) is 0 Å². The van der Waals surface area contributed by atoms with Gasteiger partial charge in [-0.2, -0.15) is 0 Å². The maximum atomic E-state index is 14.8. The number of hydrogen-bond donors (Lipinski definition) is 4. The molecule has 13 heteroatoms. The quantitative estimate of drug-likeness (QED) is 0.144. The molecule has 0 bridgehead atoms. The summed E-state index contributed by atoms with van der Waals surface area (Å²) in [6.45, 7) is 0. The van der Waals surface area contributed by atoms with Gasteiger partial charge < -0.3 is 15.7 Å². The smallest absolute Gasteiger partial charge is 0.289 e. The molecule has 256 valence electrons. The Hall–Kier alpha value is -3.67. The molecule has 2 fully saturated rings. The third kappa shape index (κ3) is 9.27. The topological polar surface area (TPSA) is 133 Å². The van der Waals surface area contributed by atoms with Crippen LogP contribution in [0.15, 0.2) is 55.0 Å². The molecule has 3 atom stereocenters. The first kappa shape index (κ1) is 35.6. The predicted molar refractivity (Wildman–Crippen MR) is 179 cm³/mol. The van der Waals surface area contributed by atoms with Gasteiger partial charge in [0.2, 0.25) is 11.7 Å². The van der Waals surface area contributed by atoms with E-state index in [4.69, 9.17) is 23.2 Å². The van der Waals surface area contributed by atoms with Gasteiger partial charge >= 0.3 is 0 Å². The van der Waals surface area contributed by atoms with E-state index < -0.39 is 42.1 Å². The van der Waals surface area contributed by atoms with Crippen molar-refractivity contribution in [2.45, 2.75) is 94.8 Å². The molecule has 2 aromatic carbocycles. The lowest BCUT2D eigenvalue weighted by atomic mass is 9.80. The van der Waals surface area contributed by atoms with Crippen LogP contribution in [0.5, 0.6) is 5.75 Å². The molecule has 48 heavy (non-hydrogen) atoms. The fraction of sp³-hybridized carbons (Fsp3) is 0.457. The number of aromatic nitrogens is 2. The highest BCUT2D eigenvalue weighted by Crippen LogP contribution is 2.34. The zero-order valence-corrected chi connectivity index (χ0v) is 27.8. The summed E-state index contributed by atoms with van der Waals surface area (Å²) >= 11 is 12.3. The van der Waals surface area contributed by atoms with Crippen molar-refractivity contribution in [1.29, 1.82) is 0 Å². The van der Waals surface area contributed by atoms with Gasteiger partial charge in [-0.1, -0.05) is 79.9 Å². The van der Waals surface area contributed by atoms with E-state index in [1.165, 1.54) is 24.5 Å². The Kier molecular flexibility index (Phi) is 12.3. The molecule has 0 saturated heterocycles. The second-order valence-electron chi connectivity index (χ2n) is 12.6. The van der Waals surface area contributed by atoms with Gasteiger partial charge in [-0.25, -0.2) is 18.7 Å². The lowest BCUT2D eigenvalue weighted by molar-refractivity contribution is -0.141. The van der Waals surface area contributed by atoms with Crippen LogP contribution in [0, 0.1) is 5.92 Å². The molecule has 2 aliphatic rings. The number of rotatable bonds is 14. The second kappa shape index (κ2) is 16.6. The Morgan fingerprint density at radius 2 is 1.67 bits per heavy atom. The largest absolute Gasteiger partial charge is 0.505 e. The van der Waals surface area contributed by atoms with Gasteiger partial charge in [-0.05, 0) is 67.0 Å². The van der Waals surface area contributed by atoms with E-state index in [-0.39, 0.29) is 46.2 Å². The highest BCUT2D eigenvalue weighted by molar-refractivity contribution is 6.38. The summed E-state index contributed by atoms with van der Waals surface area (Å²) in [6.07, 6.45) is 7.37. The first-order valence-electron chi connectivity index (χ1n) is 16.3. The van der Waals surface area contributed by atoms with Crippen LogP contribution in [0.3, 0.4) is 0 Å². The third-order valence-corrected chi connectivity index (χ3v) is 9.76. The summed E-state index contributed by atoms with van der Waals surface area (Å²) in [6, 6.07) is 6.73. The number of ketones is 1. The lowest BCUT2D eigenvalue weighted by Crippen LogP contribution is -2.55. The van der Waals surface area contributed by atoms with E-state index in [0.29, 0.717) is 16.8 Å². The van der Waals surface area contributed by atoms with Crippen LogP contribution in [-0.2, 0) is 20.8 Å². The Labute approximate surface area is 288 Å². The van der Waals surface area contributed by atoms with E-state index in [0.717, 1.165) is 51.4 Å². The van der Waals surface area contributed by atoms with Gasteiger partial charge in [-0.15, -0.1) is 0 Å². The predicted octanol–water partition coefficient (Wildman–Crippen LogP) is 6.36. The average molecular weight is 703 g/mol. The van der Waals surface area contributed by atoms with Crippen LogP contribution in [0.25, 0.3) is 11.3 Å². The van der Waals surface area contributed by atoms with Gasteiger partial charge in [0.15, 0.2) is 5.75 Å². The highest BCUT2D eigenvalue weighted by atomic mass is 35.5. The van der Waals surface area contributed by atoms with Crippen molar-refractivity contribution in [1.82, 2.24) is 25.9 Å². The van der Waals surface area contributed by atoms with Crippen LogP contribution in [0.1, 0.15) is 75.0 Å². The highest BCUT2D eigenvalue weighted by Gasteiger charge is 2.36. The number of nitrogens with one attached hydrogen (secondary N) is 3. The minimum Gasteiger partial charge on any atom is -0.505 e. The average Bonchev–Trinajstić information content (AvgIpc) is 3.06. The normalized spacial score (nSPS) is 17.3. The van der Waals surface area contributed by atoms with Crippen molar-refractivity contribution < 1.29 is 28.3 Å². The summed E-state index contributed by atoms with van der Waals surface area (Å²) in [4.78, 5) is 48.8. The van der Waals surface area contributed by atoms with E-state index in [2.05, 4.69) is 25.9 Å². The monoisotopic (exact) mass is 701 g/mol. The number of nitrogens with zero attached hydrogens (tertiary/aromatic N) is 2. The van der Waals surface area contributed by atoms with Crippen molar-refractivity contribution in [2.75, 3.05) is 0 Å². The van der Waals surface area contributed by atoms with Gasteiger partial charge in [0.25, 0.3) is 12.3 Å². The molecule has 1 heterocycles. The van der Waals surface area contributed by atoms with Crippen molar-refractivity contribution in [2.24, 2.45) is 5.92 Å². The maximum absolute atomic E-state index is 14.8. The van der Waals surface area contributed by atoms with Gasteiger partial charge in [-0.3, -0.25) is 19.7 Å². The molecule has 2 amide bonds. The fourth-order valence-corrected chi connectivity index (χ4v) is 6.84. The van der Waals surface area contributed by atoms with E-state index in [1.54, 1.807) is 30.5 Å². The molecule has 9 nitrogen and oxygen atoms in total. The van der Waals surface area contributed by atoms with Gasteiger partial charge in [0.1, 0.15) is 6.33 Å². The number of amides is 2. The summed E-state index contributed by atoms with van der Waals surface area (Å²) in [5.74, 6) is -2.44. The molecular formula is C35H39Cl2F2N5O4. The lowest BCUT2D eigenvalue weighted by Gasteiger charge is -2.31. The van der Waals surface area contributed by atoms with E-state index in [1.807, 2.05) is 0 Å². The van der Waals surface area contributed by atoms with Crippen LogP contribution in [0.2, 0.25) is 10.0 Å². The number of hydrogen-bond acceptors (Lipinski definition) is 7. The minimum atomic E-state index is -2.94. The zero-order chi connectivity index (χ0) is 34.2. The number of phenols is 1. The Bertz CT molecular complexity index is 1570. The molecule has 0 radical (unpaired) electrons. The number of phenolic OH excluding ortho intramolecular Hbond substituents is 1. The van der Waals surface area contributed by atoms with Crippen LogP contribution < -0.4 is 16.0 Å². The van der Waals surface area contributed by atoms with Crippen LogP contribution in [0.4, 0.5) is 8.78 Å². The number of benzene rings is 2. The molecule has 3 aromatic rings. The van der Waals surface area contributed by atoms with Crippen molar-refractivity contribution in [3.05, 3.63) is 76.2 Å². The first-order chi connectivity index (χ1) is 23.1.